The zero-order valence-corrected chi connectivity index (χ0v) is 9.74. The van der Waals surface area contributed by atoms with Crippen molar-refractivity contribution in [3.05, 3.63) is 17.5 Å². The molecule has 0 amide bonds. The molecule has 0 fully saturated rings. The fraction of sp³-hybridized carbons (Fsp3) is 0.500. The van der Waals surface area contributed by atoms with Gasteiger partial charge in [0.1, 0.15) is 23.3 Å². The lowest BCUT2D eigenvalue weighted by atomic mass is 10.1. The van der Waals surface area contributed by atoms with Gasteiger partial charge < -0.3 is 10.4 Å². The second-order valence-electron chi connectivity index (χ2n) is 3.40. The summed E-state index contributed by atoms with van der Waals surface area (Å²) in [6, 6.07) is 0.870. The van der Waals surface area contributed by atoms with Gasteiger partial charge >= 0.3 is 5.97 Å². The Bertz CT molecular complexity index is 360. The zero-order valence-electron chi connectivity index (χ0n) is 8.98. The van der Waals surface area contributed by atoms with E-state index < -0.39 is 12.0 Å². The van der Waals surface area contributed by atoms with Crippen LogP contribution in [0.25, 0.3) is 0 Å². The van der Waals surface area contributed by atoms with Gasteiger partial charge in [-0.25, -0.2) is 14.8 Å². The predicted molar refractivity (Wildman–Crippen MR) is 61.6 cm³/mol. The first-order valence-electron chi connectivity index (χ1n) is 5.10. The Labute approximate surface area is 98.9 Å². The summed E-state index contributed by atoms with van der Waals surface area (Å²) in [5.41, 5.74) is 0. The van der Waals surface area contributed by atoms with Crippen LogP contribution in [0.15, 0.2) is 12.4 Å². The number of halogens is 1. The molecule has 0 radical (unpaired) electrons. The molecule has 1 aromatic rings. The Morgan fingerprint density at radius 1 is 1.62 bits per heavy atom. The van der Waals surface area contributed by atoms with Crippen molar-refractivity contribution in [2.24, 2.45) is 0 Å². The van der Waals surface area contributed by atoms with E-state index in [1.807, 2.05) is 6.92 Å². The van der Waals surface area contributed by atoms with E-state index in [1.54, 1.807) is 0 Å². The maximum atomic E-state index is 11.0. The highest BCUT2D eigenvalue weighted by molar-refractivity contribution is 6.29. The van der Waals surface area contributed by atoms with Gasteiger partial charge in [-0.2, -0.15) is 0 Å². The maximum absolute atomic E-state index is 11.0. The maximum Gasteiger partial charge on any atom is 0.326 e. The average Bonchev–Trinajstić information content (AvgIpc) is 2.24. The highest BCUT2D eigenvalue weighted by Crippen LogP contribution is 2.12. The van der Waals surface area contributed by atoms with E-state index in [0.717, 1.165) is 12.8 Å². The lowest BCUT2D eigenvalue weighted by Crippen LogP contribution is -2.29. The van der Waals surface area contributed by atoms with E-state index >= 15 is 0 Å². The second-order valence-corrected chi connectivity index (χ2v) is 3.79. The van der Waals surface area contributed by atoms with Gasteiger partial charge in [0.05, 0.1) is 0 Å². The molecule has 0 bridgehead atoms. The van der Waals surface area contributed by atoms with Gasteiger partial charge in [-0.15, -0.1) is 0 Å². The van der Waals surface area contributed by atoms with Crippen LogP contribution in [0.2, 0.25) is 5.15 Å². The Hall–Kier alpha value is -1.36. The molecule has 1 aromatic heterocycles. The first kappa shape index (κ1) is 12.7. The monoisotopic (exact) mass is 243 g/mol. The van der Waals surface area contributed by atoms with E-state index in [9.17, 15) is 4.79 Å². The Morgan fingerprint density at radius 3 is 2.94 bits per heavy atom. The Balaban J connectivity index is 2.64. The lowest BCUT2D eigenvalue weighted by molar-refractivity contribution is -0.138. The third kappa shape index (κ3) is 4.02. The largest absolute Gasteiger partial charge is 0.480 e. The van der Waals surface area contributed by atoms with E-state index in [-0.39, 0.29) is 5.15 Å². The number of aliphatic carboxylic acids is 1. The highest BCUT2D eigenvalue weighted by Gasteiger charge is 2.16. The van der Waals surface area contributed by atoms with Crippen LogP contribution >= 0.6 is 11.6 Å². The van der Waals surface area contributed by atoms with E-state index in [2.05, 4.69) is 15.3 Å². The number of aromatic nitrogens is 2. The van der Waals surface area contributed by atoms with Crippen LogP contribution in [-0.4, -0.2) is 27.1 Å². The molecular weight excluding hydrogens is 230 g/mol. The molecule has 1 rings (SSSR count). The molecule has 88 valence electrons. The summed E-state index contributed by atoms with van der Waals surface area (Å²) in [6.07, 6.45) is 3.66. The first-order chi connectivity index (χ1) is 7.63. The number of hydrogen-bond acceptors (Lipinski definition) is 4. The molecule has 0 aliphatic rings. The minimum Gasteiger partial charge on any atom is -0.480 e. The molecular formula is C10H14ClN3O2. The average molecular weight is 244 g/mol. The molecule has 6 heteroatoms. The molecule has 1 heterocycles. The predicted octanol–water partition coefficient (Wildman–Crippen LogP) is 2.19. The van der Waals surface area contributed by atoms with E-state index in [4.69, 9.17) is 16.7 Å². The quantitative estimate of drug-likeness (QED) is 0.749. The van der Waals surface area contributed by atoms with Gasteiger partial charge in [-0.05, 0) is 6.42 Å². The number of carbonyl (C=O) groups is 1. The molecule has 0 spiro atoms. The van der Waals surface area contributed by atoms with Gasteiger partial charge in [0, 0.05) is 6.07 Å². The van der Waals surface area contributed by atoms with Crippen LogP contribution in [0.3, 0.4) is 0 Å². The Morgan fingerprint density at radius 2 is 2.38 bits per heavy atom. The van der Waals surface area contributed by atoms with Crippen LogP contribution in [0.4, 0.5) is 5.82 Å². The number of carboxylic acids is 1. The molecule has 0 saturated carbocycles. The number of carboxylic acid groups (broad SMARTS) is 1. The van der Waals surface area contributed by atoms with Crippen LogP contribution in [0.5, 0.6) is 0 Å². The number of hydrogen-bond donors (Lipinski definition) is 2. The van der Waals surface area contributed by atoms with Crippen molar-refractivity contribution in [3.63, 3.8) is 0 Å². The van der Waals surface area contributed by atoms with Gasteiger partial charge in [0.15, 0.2) is 0 Å². The van der Waals surface area contributed by atoms with Crippen molar-refractivity contribution >= 4 is 23.4 Å². The summed E-state index contributed by atoms with van der Waals surface area (Å²) in [7, 11) is 0. The van der Waals surface area contributed by atoms with Crippen LogP contribution in [-0.2, 0) is 4.79 Å². The van der Waals surface area contributed by atoms with Gasteiger partial charge in [0.2, 0.25) is 0 Å². The van der Waals surface area contributed by atoms with Crippen molar-refractivity contribution in [3.8, 4) is 0 Å². The summed E-state index contributed by atoms with van der Waals surface area (Å²) < 4.78 is 0. The summed E-state index contributed by atoms with van der Waals surface area (Å²) in [4.78, 5) is 18.6. The van der Waals surface area contributed by atoms with Crippen molar-refractivity contribution in [1.82, 2.24) is 9.97 Å². The number of unbranched alkanes of at least 4 members (excludes halogenated alkanes) is 1. The summed E-state index contributed by atoms with van der Waals surface area (Å²) in [5.74, 6) is -0.452. The molecule has 0 aromatic carbocycles. The highest BCUT2D eigenvalue weighted by atomic mass is 35.5. The van der Waals surface area contributed by atoms with E-state index in [0.29, 0.717) is 12.2 Å². The number of nitrogens with zero attached hydrogens (tertiary/aromatic N) is 2. The summed E-state index contributed by atoms with van der Waals surface area (Å²) >= 11 is 5.67. The second kappa shape index (κ2) is 6.27. The molecule has 2 N–H and O–H groups in total. The smallest absolute Gasteiger partial charge is 0.326 e. The topological polar surface area (TPSA) is 75.1 Å². The molecule has 0 saturated heterocycles. The summed E-state index contributed by atoms with van der Waals surface area (Å²) in [5, 5.41) is 12.1. The molecule has 1 atom stereocenters. The molecule has 0 aliphatic heterocycles. The van der Waals surface area contributed by atoms with Gasteiger partial charge in [-0.3, -0.25) is 0 Å². The Kier molecular flexibility index (Phi) is 4.98. The fourth-order valence-electron chi connectivity index (χ4n) is 1.26. The SMILES string of the molecule is CCCCC(Nc1cc(Cl)ncn1)C(=O)O. The molecule has 16 heavy (non-hydrogen) atoms. The first-order valence-corrected chi connectivity index (χ1v) is 5.48. The molecule has 1 unspecified atom stereocenters. The van der Waals surface area contributed by atoms with Crippen molar-refractivity contribution in [2.75, 3.05) is 5.32 Å². The zero-order chi connectivity index (χ0) is 12.0. The number of rotatable bonds is 6. The van der Waals surface area contributed by atoms with Crippen molar-refractivity contribution in [1.29, 1.82) is 0 Å². The normalized spacial score (nSPS) is 12.1. The van der Waals surface area contributed by atoms with Crippen LogP contribution in [0.1, 0.15) is 26.2 Å². The minimum atomic E-state index is -0.886. The summed E-state index contributed by atoms with van der Waals surface area (Å²) in [6.45, 7) is 2.01. The third-order valence-electron chi connectivity index (χ3n) is 2.10. The van der Waals surface area contributed by atoms with Crippen LogP contribution in [0, 0.1) is 0 Å². The standard InChI is InChI=1S/C10H14ClN3O2/c1-2-3-4-7(10(15)16)14-9-5-8(11)12-6-13-9/h5-7H,2-4H2,1H3,(H,15,16)(H,12,13,14). The third-order valence-corrected chi connectivity index (χ3v) is 2.31. The molecule has 5 nitrogen and oxygen atoms in total. The molecule has 0 aliphatic carbocycles. The van der Waals surface area contributed by atoms with Crippen molar-refractivity contribution < 1.29 is 9.90 Å². The van der Waals surface area contributed by atoms with Gasteiger partial charge in [0.25, 0.3) is 0 Å². The van der Waals surface area contributed by atoms with Crippen molar-refractivity contribution in [2.45, 2.75) is 32.2 Å². The number of anilines is 1. The van der Waals surface area contributed by atoms with E-state index in [1.165, 1.54) is 12.4 Å². The van der Waals surface area contributed by atoms with Gasteiger partial charge in [-0.1, -0.05) is 31.4 Å². The number of nitrogens with one attached hydrogen (secondary N) is 1. The fourth-order valence-corrected chi connectivity index (χ4v) is 1.40. The minimum absolute atomic E-state index is 0.289. The lowest BCUT2D eigenvalue weighted by Gasteiger charge is -2.14. The van der Waals surface area contributed by atoms with Crippen LogP contribution < -0.4 is 5.32 Å².